The molecule has 0 radical (unpaired) electrons. The van der Waals surface area contributed by atoms with Crippen molar-refractivity contribution in [2.75, 3.05) is 11.9 Å². The number of carbonyl (C=O) groups excluding carboxylic acids is 1. The number of carbonyl (C=O) groups is 1. The molecule has 1 amide bonds. The van der Waals surface area contributed by atoms with Crippen LogP contribution in [-0.4, -0.2) is 12.5 Å². The van der Waals surface area contributed by atoms with E-state index in [9.17, 15) is 4.79 Å². The third kappa shape index (κ3) is 2.56. The van der Waals surface area contributed by atoms with Gasteiger partial charge in [-0.3, -0.25) is 4.79 Å². The summed E-state index contributed by atoms with van der Waals surface area (Å²) < 4.78 is 0. The summed E-state index contributed by atoms with van der Waals surface area (Å²) in [6, 6.07) is 10.0. The van der Waals surface area contributed by atoms with Crippen LogP contribution in [0, 0.1) is 0 Å². The van der Waals surface area contributed by atoms with Crippen LogP contribution >= 0.6 is 11.3 Å². The zero-order chi connectivity index (χ0) is 13.9. The first-order valence-corrected chi connectivity index (χ1v) is 7.83. The molecule has 1 aliphatic rings. The molecular weight excluding hydrogens is 268 g/mol. The summed E-state index contributed by atoms with van der Waals surface area (Å²) in [6.45, 7) is 3.01. The minimum atomic E-state index is 0.0199. The average Bonchev–Trinajstić information content (AvgIpc) is 3.01. The molecule has 3 rings (SSSR count). The van der Waals surface area contributed by atoms with Crippen molar-refractivity contribution in [1.29, 1.82) is 0 Å². The van der Waals surface area contributed by atoms with E-state index in [2.05, 4.69) is 16.7 Å². The Bertz CT molecular complexity index is 607. The standard InChI is InChI=1S/C16H18N2OS/c1-11(15-8-4-10-20-15)18-16(19)13-5-2-7-14-12(13)6-3-9-17-14/h2,4-5,7-8,10-11,17H,3,6,9H2,1H3,(H,18,19)/t11-/m0/s1. The Labute approximate surface area is 123 Å². The normalized spacial score (nSPS) is 15.1. The molecule has 3 nitrogen and oxygen atoms in total. The van der Waals surface area contributed by atoms with Crippen molar-refractivity contribution in [2.24, 2.45) is 0 Å². The Kier molecular flexibility index (Phi) is 3.74. The number of fused-ring (bicyclic) bond motifs is 1. The molecule has 2 heterocycles. The first-order chi connectivity index (χ1) is 9.75. The molecule has 20 heavy (non-hydrogen) atoms. The van der Waals surface area contributed by atoms with Gasteiger partial charge in [-0.1, -0.05) is 12.1 Å². The zero-order valence-corrected chi connectivity index (χ0v) is 12.3. The Hall–Kier alpha value is -1.81. The lowest BCUT2D eigenvalue weighted by atomic mass is 9.97. The first kappa shape index (κ1) is 13.2. The maximum atomic E-state index is 12.5. The van der Waals surface area contributed by atoms with Crippen LogP contribution in [0.5, 0.6) is 0 Å². The second-order valence-corrected chi connectivity index (χ2v) is 6.05. The zero-order valence-electron chi connectivity index (χ0n) is 11.5. The molecule has 0 bridgehead atoms. The van der Waals surface area contributed by atoms with E-state index in [1.54, 1.807) is 11.3 Å². The number of hydrogen-bond donors (Lipinski definition) is 2. The fraction of sp³-hybridized carbons (Fsp3) is 0.312. The van der Waals surface area contributed by atoms with Gasteiger partial charge in [0.05, 0.1) is 6.04 Å². The molecule has 0 fully saturated rings. The van der Waals surface area contributed by atoms with Crippen LogP contribution in [-0.2, 0) is 6.42 Å². The molecule has 0 saturated heterocycles. The van der Waals surface area contributed by atoms with E-state index in [0.717, 1.165) is 36.2 Å². The van der Waals surface area contributed by atoms with Crippen molar-refractivity contribution in [3.05, 3.63) is 51.7 Å². The molecule has 0 spiro atoms. The topological polar surface area (TPSA) is 41.1 Å². The van der Waals surface area contributed by atoms with Gasteiger partial charge in [0.2, 0.25) is 0 Å². The molecule has 1 atom stereocenters. The maximum absolute atomic E-state index is 12.5. The van der Waals surface area contributed by atoms with Gasteiger partial charge < -0.3 is 10.6 Å². The lowest BCUT2D eigenvalue weighted by Crippen LogP contribution is -2.28. The van der Waals surface area contributed by atoms with Gasteiger partial charge in [-0.15, -0.1) is 11.3 Å². The molecule has 1 aromatic carbocycles. The van der Waals surface area contributed by atoms with Crippen molar-refractivity contribution in [2.45, 2.75) is 25.8 Å². The number of rotatable bonds is 3. The molecule has 0 aliphatic carbocycles. The van der Waals surface area contributed by atoms with E-state index in [0.29, 0.717) is 0 Å². The minimum Gasteiger partial charge on any atom is -0.385 e. The molecule has 1 aliphatic heterocycles. The van der Waals surface area contributed by atoms with Crippen LogP contribution in [0.3, 0.4) is 0 Å². The predicted octanol–water partition coefficient (Wildman–Crippen LogP) is 3.60. The minimum absolute atomic E-state index is 0.0199. The van der Waals surface area contributed by atoms with Gasteiger partial charge in [0.1, 0.15) is 0 Å². The van der Waals surface area contributed by atoms with Crippen LogP contribution in [0.4, 0.5) is 5.69 Å². The highest BCUT2D eigenvalue weighted by Gasteiger charge is 2.19. The second-order valence-electron chi connectivity index (χ2n) is 5.07. The highest BCUT2D eigenvalue weighted by Crippen LogP contribution is 2.26. The van der Waals surface area contributed by atoms with Gasteiger partial charge in [0.25, 0.3) is 5.91 Å². The van der Waals surface area contributed by atoms with Crippen LogP contribution in [0.1, 0.15) is 40.2 Å². The van der Waals surface area contributed by atoms with Crippen molar-refractivity contribution in [3.63, 3.8) is 0 Å². The fourth-order valence-electron chi connectivity index (χ4n) is 2.61. The van der Waals surface area contributed by atoms with Gasteiger partial charge in [-0.05, 0) is 48.9 Å². The number of anilines is 1. The van der Waals surface area contributed by atoms with E-state index >= 15 is 0 Å². The quantitative estimate of drug-likeness (QED) is 0.905. The summed E-state index contributed by atoms with van der Waals surface area (Å²) >= 11 is 1.67. The summed E-state index contributed by atoms with van der Waals surface area (Å²) in [6.07, 6.45) is 2.05. The van der Waals surface area contributed by atoms with E-state index < -0.39 is 0 Å². The number of hydrogen-bond acceptors (Lipinski definition) is 3. The number of benzene rings is 1. The first-order valence-electron chi connectivity index (χ1n) is 6.96. The number of thiophene rings is 1. The fourth-order valence-corrected chi connectivity index (χ4v) is 3.34. The van der Waals surface area contributed by atoms with Gasteiger partial charge in [0, 0.05) is 22.7 Å². The maximum Gasteiger partial charge on any atom is 0.252 e. The Morgan fingerprint density at radius 2 is 2.25 bits per heavy atom. The molecule has 104 valence electrons. The van der Waals surface area contributed by atoms with Gasteiger partial charge >= 0.3 is 0 Å². The Morgan fingerprint density at radius 3 is 3.05 bits per heavy atom. The lowest BCUT2D eigenvalue weighted by molar-refractivity contribution is 0.0939. The molecule has 4 heteroatoms. The van der Waals surface area contributed by atoms with E-state index in [1.165, 1.54) is 4.88 Å². The largest absolute Gasteiger partial charge is 0.385 e. The van der Waals surface area contributed by atoms with Crippen molar-refractivity contribution in [3.8, 4) is 0 Å². The van der Waals surface area contributed by atoms with Crippen molar-refractivity contribution in [1.82, 2.24) is 5.32 Å². The van der Waals surface area contributed by atoms with Crippen LogP contribution in [0.2, 0.25) is 0 Å². The molecular formula is C16H18N2OS. The predicted molar refractivity (Wildman–Crippen MR) is 83.5 cm³/mol. The molecule has 1 aromatic heterocycles. The smallest absolute Gasteiger partial charge is 0.252 e. The molecule has 2 N–H and O–H groups in total. The third-order valence-electron chi connectivity index (χ3n) is 3.66. The highest BCUT2D eigenvalue weighted by atomic mass is 32.1. The van der Waals surface area contributed by atoms with E-state index in [-0.39, 0.29) is 11.9 Å². The summed E-state index contributed by atoms with van der Waals surface area (Å²) in [5, 5.41) is 8.49. The molecule has 2 aromatic rings. The summed E-state index contributed by atoms with van der Waals surface area (Å²) in [5.41, 5.74) is 3.06. The van der Waals surface area contributed by atoms with Crippen LogP contribution in [0.25, 0.3) is 0 Å². The summed E-state index contributed by atoms with van der Waals surface area (Å²) in [5.74, 6) is 0.0199. The highest BCUT2D eigenvalue weighted by molar-refractivity contribution is 7.10. The average molecular weight is 286 g/mol. The summed E-state index contributed by atoms with van der Waals surface area (Å²) in [4.78, 5) is 13.7. The van der Waals surface area contributed by atoms with Gasteiger partial charge in [0.15, 0.2) is 0 Å². The Balaban J connectivity index is 1.81. The van der Waals surface area contributed by atoms with Crippen molar-refractivity contribution >= 4 is 22.9 Å². The Morgan fingerprint density at radius 1 is 1.35 bits per heavy atom. The van der Waals surface area contributed by atoms with E-state index in [1.807, 2.05) is 36.6 Å². The van der Waals surface area contributed by atoms with Crippen LogP contribution in [0.15, 0.2) is 35.7 Å². The number of amides is 1. The van der Waals surface area contributed by atoms with Crippen LogP contribution < -0.4 is 10.6 Å². The molecule has 0 unspecified atom stereocenters. The lowest BCUT2D eigenvalue weighted by Gasteiger charge is -2.21. The van der Waals surface area contributed by atoms with Gasteiger partial charge in [-0.25, -0.2) is 0 Å². The number of nitrogens with one attached hydrogen (secondary N) is 2. The summed E-state index contributed by atoms with van der Waals surface area (Å²) in [7, 11) is 0. The molecule has 0 saturated carbocycles. The third-order valence-corrected chi connectivity index (χ3v) is 4.71. The SMILES string of the molecule is C[C@H](NC(=O)c1cccc2c1CCCN2)c1cccs1. The van der Waals surface area contributed by atoms with Crippen molar-refractivity contribution < 1.29 is 4.79 Å². The monoisotopic (exact) mass is 286 g/mol. The second kappa shape index (κ2) is 5.67. The van der Waals surface area contributed by atoms with E-state index in [4.69, 9.17) is 0 Å². The van der Waals surface area contributed by atoms with Gasteiger partial charge in [-0.2, -0.15) is 0 Å².